The summed E-state index contributed by atoms with van der Waals surface area (Å²) < 4.78 is 11.2. The molecule has 1 aromatic carbocycles. The van der Waals surface area contributed by atoms with Gasteiger partial charge in [0.2, 0.25) is 5.88 Å². The number of para-hydroxylation sites is 1. The third-order valence-electron chi connectivity index (χ3n) is 4.46. The zero-order valence-corrected chi connectivity index (χ0v) is 14.6. The van der Waals surface area contributed by atoms with Crippen LogP contribution in [0.5, 0.6) is 11.6 Å². The SMILES string of the molecule is COc1cc(Cl)cc(CC(c2cnc[nH]2)c2cccc3c2OCC3)n1. The maximum absolute atomic E-state index is 6.21. The maximum atomic E-state index is 6.21. The molecule has 25 heavy (non-hydrogen) atoms. The topological polar surface area (TPSA) is 60.0 Å². The highest BCUT2D eigenvalue weighted by atomic mass is 35.5. The Bertz CT molecular complexity index is 880. The van der Waals surface area contributed by atoms with Gasteiger partial charge in [-0.1, -0.05) is 29.8 Å². The van der Waals surface area contributed by atoms with Crippen molar-refractivity contribution < 1.29 is 9.47 Å². The first-order valence-corrected chi connectivity index (χ1v) is 8.55. The molecule has 2 aromatic heterocycles. The Kier molecular flexibility index (Phi) is 4.32. The van der Waals surface area contributed by atoms with E-state index in [0.29, 0.717) is 17.3 Å². The van der Waals surface area contributed by atoms with E-state index in [1.54, 1.807) is 19.5 Å². The predicted molar refractivity (Wildman–Crippen MR) is 95.6 cm³/mol. The van der Waals surface area contributed by atoms with Crippen LogP contribution in [0.25, 0.3) is 0 Å². The zero-order valence-electron chi connectivity index (χ0n) is 13.8. The van der Waals surface area contributed by atoms with Crippen molar-refractivity contribution >= 4 is 11.6 Å². The van der Waals surface area contributed by atoms with Crippen LogP contribution < -0.4 is 9.47 Å². The highest BCUT2D eigenvalue weighted by molar-refractivity contribution is 6.30. The Morgan fingerprint density at radius 2 is 2.28 bits per heavy atom. The fraction of sp³-hybridized carbons (Fsp3) is 0.263. The molecule has 0 radical (unpaired) electrons. The number of imidazole rings is 1. The molecule has 0 amide bonds. The number of benzene rings is 1. The summed E-state index contributed by atoms with van der Waals surface area (Å²) in [6.07, 6.45) is 5.15. The molecule has 6 heteroatoms. The molecule has 4 rings (SSSR count). The third-order valence-corrected chi connectivity index (χ3v) is 4.68. The molecule has 0 saturated heterocycles. The smallest absolute Gasteiger partial charge is 0.214 e. The second kappa shape index (κ2) is 6.76. The molecule has 0 spiro atoms. The fourth-order valence-corrected chi connectivity index (χ4v) is 3.52. The number of halogens is 1. The number of methoxy groups -OCH3 is 1. The lowest BCUT2D eigenvalue weighted by Gasteiger charge is -2.19. The maximum Gasteiger partial charge on any atom is 0.214 e. The quantitative estimate of drug-likeness (QED) is 0.756. The number of aromatic amines is 1. The number of nitrogens with one attached hydrogen (secondary N) is 1. The van der Waals surface area contributed by atoms with Gasteiger partial charge in [0.1, 0.15) is 5.75 Å². The van der Waals surface area contributed by atoms with E-state index >= 15 is 0 Å². The minimum Gasteiger partial charge on any atom is -0.493 e. The molecule has 0 bridgehead atoms. The van der Waals surface area contributed by atoms with Gasteiger partial charge in [0.25, 0.3) is 0 Å². The number of ether oxygens (including phenoxy) is 2. The summed E-state index contributed by atoms with van der Waals surface area (Å²) in [5.41, 5.74) is 4.27. The molecule has 0 saturated carbocycles. The molecule has 1 aliphatic rings. The number of aromatic nitrogens is 3. The number of hydrogen-bond donors (Lipinski definition) is 1. The van der Waals surface area contributed by atoms with Gasteiger partial charge in [0.05, 0.1) is 20.0 Å². The fourth-order valence-electron chi connectivity index (χ4n) is 3.30. The van der Waals surface area contributed by atoms with Gasteiger partial charge >= 0.3 is 0 Å². The molecule has 1 N–H and O–H groups in total. The van der Waals surface area contributed by atoms with Crippen LogP contribution in [-0.4, -0.2) is 28.7 Å². The van der Waals surface area contributed by atoms with Crippen LogP contribution in [0.4, 0.5) is 0 Å². The van der Waals surface area contributed by atoms with Crippen LogP contribution in [-0.2, 0) is 12.8 Å². The second-order valence-corrected chi connectivity index (χ2v) is 6.45. The number of H-pyrrole nitrogens is 1. The molecule has 5 nitrogen and oxygen atoms in total. The second-order valence-electron chi connectivity index (χ2n) is 6.02. The summed E-state index contributed by atoms with van der Waals surface area (Å²) in [6.45, 7) is 0.727. The Morgan fingerprint density at radius 3 is 3.08 bits per heavy atom. The minimum atomic E-state index is 0.0474. The molecule has 1 aliphatic heterocycles. The minimum absolute atomic E-state index is 0.0474. The molecule has 1 atom stereocenters. The van der Waals surface area contributed by atoms with Crippen molar-refractivity contribution in [1.82, 2.24) is 15.0 Å². The lowest BCUT2D eigenvalue weighted by Crippen LogP contribution is -2.09. The van der Waals surface area contributed by atoms with Gasteiger partial charge in [-0.05, 0) is 11.6 Å². The van der Waals surface area contributed by atoms with Crippen molar-refractivity contribution in [3.8, 4) is 11.6 Å². The third kappa shape index (κ3) is 3.20. The van der Waals surface area contributed by atoms with Gasteiger partial charge in [0.15, 0.2) is 0 Å². The van der Waals surface area contributed by atoms with E-state index in [0.717, 1.165) is 35.7 Å². The van der Waals surface area contributed by atoms with Crippen LogP contribution in [0.15, 0.2) is 42.9 Å². The average Bonchev–Trinajstić information content (AvgIpc) is 3.30. The molecule has 128 valence electrons. The number of nitrogens with zero attached hydrogens (tertiary/aromatic N) is 2. The highest BCUT2D eigenvalue weighted by Gasteiger charge is 2.25. The number of rotatable bonds is 5. The predicted octanol–water partition coefficient (Wildman–Crippen LogP) is 3.78. The molecule has 3 aromatic rings. The van der Waals surface area contributed by atoms with Crippen molar-refractivity contribution in [2.75, 3.05) is 13.7 Å². The van der Waals surface area contributed by atoms with Crippen molar-refractivity contribution in [2.24, 2.45) is 0 Å². The Balaban J connectivity index is 1.76. The Morgan fingerprint density at radius 1 is 1.36 bits per heavy atom. The van der Waals surface area contributed by atoms with Gasteiger partial charge < -0.3 is 14.5 Å². The summed E-state index contributed by atoms with van der Waals surface area (Å²) in [5.74, 6) is 1.54. The van der Waals surface area contributed by atoms with Gasteiger partial charge in [-0.3, -0.25) is 0 Å². The monoisotopic (exact) mass is 355 g/mol. The van der Waals surface area contributed by atoms with Crippen molar-refractivity contribution in [3.05, 3.63) is 70.4 Å². The summed E-state index contributed by atoms with van der Waals surface area (Å²) in [7, 11) is 1.59. The molecular weight excluding hydrogens is 338 g/mol. The standard InChI is InChI=1S/C19H18ClN3O2/c1-24-18-8-13(20)7-14(23-18)9-16(17-10-21-11-22-17)15-4-2-3-12-5-6-25-19(12)15/h2-4,7-8,10-11,16H,5-6,9H2,1H3,(H,21,22). The summed E-state index contributed by atoms with van der Waals surface area (Å²) >= 11 is 6.21. The van der Waals surface area contributed by atoms with E-state index in [1.165, 1.54) is 5.56 Å². The molecular formula is C19H18ClN3O2. The van der Waals surface area contributed by atoms with Crippen LogP contribution >= 0.6 is 11.6 Å². The highest BCUT2D eigenvalue weighted by Crippen LogP contribution is 2.38. The van der Waals surface area contributed by atoms with E-state index in [9.17, 15) is 0 Å². The summed E-state index contributed by atoms with van der Waals surface area (Å²) in [6, 6.07) is 9.89. The van der Waals surface area contributed by atoms with E-state index in [-0.39, 0.29) is 5.92 Å². The Hall–Kier alpha value is -2.53. The summed E-state index contributed by atoms with van der Waals surface area (Å²) in [4.78, 5) is 12.0. The Labute approximate surface area is 151 Å². The first-order chi connectivity index (χ1) is 12.2. The van der Waals surface area contributed by atoms with Crippen LogP contribution in [0.3, 0.4) is 0 Å². The van der Waals surface area contributed by atoms with Gasteiger partial charge in [0, 0.05) is 53.0 Å². The first kappa shape index (κ1) is 16.0. The van der Waals surface area contributed by atoms with E-state index in [4.69, 9.17) is 21.1 Å². The van der Waals surface area contributed by atoms with Crippen molar-refractivity contribution in [1.29, 1.82) is 0 Å². The number of fused-ring (bicyclic) bond motifs is 1. The van der Waals surface area contributed by atoms with Gasteiger partial charge in [-0.2, -0.15) is 0 Å². The number of hydrogen-bond acceptors (Lipinski definition) is 4. The normalized spacial score (nSPS) is 14.0. The van der Waals surface area contributed by atoms with Gasteiger partial charge in [-0.25, -0.2) is 9.97 Å². The molecule has 1 unspecified atom stereocenters. The molecule has 3 heterocycles. The van der Waals surface area contributed by atoms with Gasteiger partial charge in [-0.15, -0.1) is 0 Å². The zero-order chi connectivity index (χ0) is 17.2. The van der Waals surface area contributed by atoms with Crippen LogP contribution in [0.2, 0.25) is 5.02 Å². The average molecular weight is 356 g/mol. The van der Waals surface area contributed by atoms with Crippen molar-refractivity contribution in [3.63, 3.8) is 0 Å². The largest absolute Gasteiger partial charge is 0.493 e. The molecule has 0 fully saturated rings. The first-order valence-electron chi connectivity index (χ1n) is 8.18. The van der Waals surface area contributed by atoms with E-state index < -0.39 is 0 Å². The van der Waals surface area contributed by atoms with Crippen LogP contribution in [0, 0.1) is 0 Å². The number of pyridine rings is 1. The van der Waals surface area contributed by atoms with E-state index in [2.05, 4.69) is 33.2 Å². The lowest BCUT2D eigenvalue weighted by molar-refractivity contribution is 0.352. The molecule has 0 aliphatic carbocycles. The van der Waals surface area contributed by atoms with Crippen molar-refractivity contribution in [2.45, 2.75) is 18.8 Å². The lowest BCUT2D eigenvalue weighted by atomic mass is 9.89. The summed E-state index contributed by atoms with van der Waals surface area (Å²) in [5, 5.41) is 0.611. The van der Waals surface area contributed by atoms with Crippen LogP contribution in [0.1, 0.15) is 28.4 Å². The van der Waals surface area contributed by atoms with E-state index in [1.807, 2.05) is 12.3 Å².